The van der Waals surface area contributed by atoms with Gasteiger partial charge in [0.25, 0.3) is 0 Å². The number of nitrogens with two attached hydrogens (primary N) is 1. The van der Waals surface area contributed by atoms with E-state index in [-0.39, 0.29) is 5.82 Å². The third kappa shape index (κ3) is 2.17. The van der Waals surface area contributed by atoms with Gasteiger partial charge in [-0.3, -0.25) is 0 Å². The van der Waals surface area contributed by atoms with Crippen molar-refractivity contribution in [3.8, 4) is 0 Å². The quantitative estimate of drug-likeness (QED) is 0.908. The summed E-state index contributed by atoms with van der Waals surface area (Å²) in [5.41, 5.74) is 7.33. The van der Waals surface area contributed by atoms with Gasteiger partial charge in [0.05, 0.1) is 5.52 Å². The van der Waals surface area contributed by atoms with Crippen LogP contribution in [0.2, 0.25) is 0 Å². The van der Waals surface area contributed by atoms with Crippen LogP contribution in [0.5, 0.6) is 0 Å². The smallest absolute Gasteiger partial charge is 0.201 e. The number of aromatic nitrogens is 2. The molecule has 0 amide bonds. The van der Waals surface area contributed by atoms with Crippen LogP contribution in [-0.2, 0) is 0 Å². The van der Waals surface area contributed by atoms with Crippen LogP contribution in [0.4, 0.5) is 10.3 Å². The van der Waals surface area contributed by atoms with Gasteiger partial charge in [-0.15, -0.1) is 0 Å². The van der Waals surface area contributed by atoms with E-state index in [1.165, 1.54) is 38.2 Å². The first kappa shape index (κ1) is 13.4. The molecular formula is C16H22FN3. The molecule has 20 heavy (non-hydrogen) atoms. The molecule has 1 unspecified atom stereocenters. The maximum atomic E-state index is 13.9. The highest BCUT2D eigenvalue weighted by atomic mass is 19.1. The van der Waals surface area contributed by atoms with Gasteiger partial charge in [0.15, 0.2) is 5.82 Å². The third-order valence-electron chi connectivity index (χ3n) is 4.64. The van der Waals surface area contributed by atoms with E-state index in [0.717, 1.165) is 11.9 Å². The van der Waals surface area contributed by atoms with Crippen molar-refractivity contribution >= 4 is 17.0 Å². The molecular weight excluding hydrogens is 253 g/mol. The topological polar surface area (TPSA) is 43.8 Å². The van der Waals surface area contributed by atoms with E-state index in [4.69, 9.17) is 5.73 Å². The van der Waals surface area contributed by atoms with E-state index in [0.29, 0.717) is 23.4 Å². The molecule has 1 aliphatic rings. The van der Waals surface area contributed by atoms with Gasteiger partial charge in [0.1, 0.15) is 5.52 Å². The van der Waals surface area contributed by atoms with Gasteiger partial charge >= 0.3 is 0 Å². The van der Waals surface area contributed by atoms with Crippen LogP contribution in [-0.4, -0.2) is 9.55 Å². The van der Waals surface area contributed by atoms with Gasteiger partial charge in [-0.1, -0.05) is 32.3 Å². The summed E-state index contributed by atoms with van der Waals surface area (Å²) < 4.78 is 15.9. The third-order valence-corrected chi connectivity index (χ3v) is 4.64. The molecule has 3 rings (SSSR count). The van der Waals surface area contributed by atoms with Gasteiger partial charge in [0, 0.05) is 6.04 Å². The van der Waals surface area contributed by atoms with E-state index in [1.54, 1.807) is 6.07 Å². The summed E-state index contributed by atoms with van der Waals surface area (Å²) in [4.78, 5) is 4.24. The molecule has 0 aliphatic heterocycles. The molecule has 1 atom stereocenters. The fourth-order valence-corrected chi connectivity index (χ4v) is 3.70. The molecule has 0 saturated heterocycles. The summed E-state index contributed by atoms with van der Waals surface area (Å²) in [5, 5.41) is 0. The largest absolute Gasteiger partial charge is 0.369 e. The summed E-state index contributed by atoms with van der Waals surface area (Å²) >= 11 is 0. The second-order valence-electron chi connectivity index (χ2n) is 5.82. The monoisotopic (exact) mass is 275 g/mol. The average molecular weight is 275 g/mol. The number of fused-ring (bicyclic) bond motifs is 1. The number of anilines is 1. The Morgan fingerprint density at radius 1 is 1.35 bits per heavy atom. The lowest BCUT2D eigenvalue weighted by Gasteiger charge is -2.31. The molecule has 0 spiro atoms. The number of benzene rings is 1. The summed E-state index contributed by atoms with van der Waals surface area (Å²) in [6.45, 7) is 2.18. The Bertz CT molecular complexity index is 599. The van der Waals surface area contributed by atoms with E-state index >= 15 is 0 Å². The molecule has 1 heterocycles. The number of halogens is 1. The van der Waals surface area contributed by atoms with Crippen molar-refractivity contribution in [3.63, 3.8) is 0 Å². The minimum absolute atomic E-state index is 0.286. The highest BCUT2D eigenvalue weighted by molar-refractivity contribution is 5.79. The molecule has 1 fully saturated rings. The number of nitrogens with zero attached hydrogens (tertiary/aromatic N) is 2. The van der Waals surface area contributed by atoms with Crippen LogP contribution >= 0.6 is 0 Å². The van der Waals surface area contributed by atoms with Crippen molar-refractivity contribution < 1.29 is 4.39 Å². The van der Waals surface area contributed by atoms with E-state index in [9.17, 15) is 4.39 Å². The van der Waals surface area contributed by atoms with Crippen molar-refractivity contribution in [3.05, 3.63) is 24.0 Å². The van der Waals surface area contributed by atoms with Gasteiger partial charge in [0.2, 0.25) is 5.95 Å². The van der Waals surface area contributed by atoms with Crippen LogP contribution in [0.1, 0.15) is 51.5 Å². The number of imidazole rings is 1. The minimum atomic E-state index is -0.286. The maximum absolute atomic E-state index is 13.9. The second-order valence-corrected chi connectivity index (χ2v) is 5.82. The first-order valence-electron chi connectivity index (χ1n) is 7.64. The molecule has 2 N–H and O–H groups in total. The Balaban J connectivity index is 2.06. The number of rotatable bonds is 3. The SMILES string of the molecule is CCC(C1CCCCC1)n1c(N)nc2c(F)cccc21. The Hall–Kier alpha value is -1.58. The predicted molar refractivity (Wildman–Crippen MR) is 80.0 cm³/mol. The lowest BCUT2D eigenvalue weighted by molar-refractivity contribution is 0.249. The van der Waals surface area contributed by atoms with Gasteiger partial charge in [-0.25, -0.2) is 9.37 Å². The molecule has 3 nitrogen and oxygen atoms in total. The zero-order chi connectivity index (χ0) is 14.1. The summed E-state index contributed by atoms with van der Waals surface area (Å²) in [6.07, 6.45) is 7.42. The van der Waals surface area contributed by atoms with Crippen LogP contribution < -0.4 is 5.73 Å². The lowest BCUT2D eigenvalue weighted by atomic mass is 9.82. The van der Waals surface area contributed by atoms with Crippen molar-refractivity contribution in [2.45, 2.75) is 51.5 Å². The molecule has 1 aromatic carbocycles. The molecule has 1 aliphatic carbocycles. The Kier molecular flexibility index (Phi) is 3.64. The van der Waals surface area contributed by atoms with Gasteiger partial charge in [-0.05, 0) is 37.3 Å². The first-order chi connectivity index (χ1) is 9.72. The molecule has 2 aromatic rings. The van der Waals surface area contributed by atoms with Crippen molar-refractivity contribution in [1.29, 1.82) is 0 Å². The van der Waals surface area contributed by atoms with Crippen LogP contribution in [0, 0.1) is 11.7 Å². The number of para-hydroxylation sites is 1. The van der Waals surface area contributed by atoms with E-state index in [2.05, 4.69) is 16.5 Å². The number of hydrogen-bond acceptors (Lipinski definition) is 2. The first-order valence-corrected chi connectivity index (χ1v) is 7.64. The lowest BCUT2D eigenvalue weighted by Crippen LogP contribution is -2.22. The van der Waals surface area contributed by atoms with E-state index < -0.39 is 0 Å². The number of hydrogen-bond donors (Lipinski definition) is 1. The second kappa shape index (κ2) is 5.43. The Morgan fingerprint density at radius 3 is 2.80 bits per heavy atom. The van der Waals surface area contributed by atoms with Gasteiger partial charge < -0.3 is 10.3 Å². The van der Waals surface area contributed by atoms with Crippen LogP contribution in [0.25, 0.3) is 11.0 Å². The molecule has 1 aromatic heterocycles. The standard InChI is InChI=1S/C16H22FN3/c1-2-13(11-7-4-3-5-8-11)20-14-10-6-9-12(17)15(14)19-16(20)18/h6,9-11,13H,2-5,7-8H2,1H3,(H2,18,19). The minimum Gasteiger partial charge on any atom is -0.369 e. The molecule has 4 heteroatoms. The normalized spacial score (nSPS) is 18.5. The fraction of sp³-hybridized carbons (Fsp3) is 0.562. The number of nitrogen functional groups attached to an aromatic ring is 1. The highest BCUT2D eigenvalue weighted by Crippen LogP contribution is 2.38. The van der Waals surface area contributed by atoms with Crippen molar-refractivity contribution in [1.82, 2.24) is 9.55 Å². The Labute approximate surface area is 119 Å². The molecule has 0 bridgehead atoms. The molecule has 108 valence electrons. The van der Waals surface area contributed by atoms with Gasteiger partial charge in [-0.2, -0.15) is 0 Å². The van der Waals surface area contributed by atoms with Crippen molar-refractivity contribution in [2.75, 3.05) is 5.73 Å². The molecule has 0 radical (unpaired) electrons. The van der Waals surface area contributed by atoms with Crippen LogP contribution in [0.3, 0.4) is 0 Å². The maximum Gasteiger partial charge on any atom is 0.201 e. The fourth-order valence-electron chi connectivity index (χ4n) is 3.70. The van der Waals surface area contributed by atoms with E-state index in [1.807, 2.05) is 6.07 Å². The summed E-state index contributed by atoms with van der Waals surface area (Å²) in [5.74, 6) is 0.797. The summed E-state index contributed by atoms with van der Waals surface area (Å²) in [6, 6.07) is 5.44. The zero-order valence-electron chi connectivity index (χ0n) is 12.0. The molecule has 1 saturated carbocycles. The Morgan fingerprint density at radius 2 is 2.10 bits per heavy atom. The highest BCUT2D eigenvalue weighted by Gasteiger charge is 2.27. The predicted octanol–water partition coefficient (Wildman–Crippen LogP) is 4.29. The van der Waals surface area contributed by atoms with Crippen LogP contribution in [0.15, 0.2) is 18.2 Å². The van der Waals surface area contributed by atoms with Crippen molar-refractivity contribution in [2.24, 2.45) is 5.92 Å². The average Bonchev–Trinajstić information content (AvgIpc) is 2.80. The zero-order valence-corrected chi connectivity index (χ0v) is 12.0. The summed E-state index contributed by atoms with van der Waals surface area (Å²) in [7, 11) is 0.